The first kappa shape index (κ1) is 60.1. The van der Waals surface area contributed by atoms with Crippen LogP contribution in [-0.4, -0.2) is 123 Å². The lowest BCUT2D eigenvalue weighted by Gasteiger charge is -2.45. The fourth-order valence-electron chi connectivity index (χ4n) is 14.6. The van der Waals surface area contributed by atoms with Gasteiger partial charge in [-0.1, -0.05) is 55.1 Å². The molecular weight excluding hydrogens is 1060 g/mol. The molecule has 6 fully saturated rings. The first-order valence-corrected chi connectivity index (χ1v) is 31.6. The third kappa shape index (κ3) is 12.9. The van der Waals surface area contributed by atoms with E-state index in [-0.39, 0.29) is 16.6 Å². The summed E-state index contributed by atoms with van der Waals surface area (Å²) >= 11 is 0. The molecule has 4 saturated heterocycles. The minimum Gasteiger partial charge on any atom is -0.512 e. The summed E-state index contributed by atoms with van der Waals surface area (Å²) in [6.45, 7) is 29.4. The number of carbonyl (C=O) groups excluding carboxylic acids is 2. The van der Waals surface area contributed by atoms with Crippen molar-refractivity contribution >= 4 is 57.9 Å². The van der Waals surface area contributed by atoms with Crippen molar-refractivity contribution in [2.45, 2.75) is 104 Å². The molecule has 11 rings (SSSR count). The van der Waals surface area contributed by atoms with Gasteiger partial charge in [-0.05, 0) is 236 Å². The van der Waals surface area contributed by atoms with Gasteiger partial charge in [0.2, 0.25) is 0 Å². The van der Waals surface area contributed by atoms with E-state index in [1.165, 1.54) is 22.4 Å². The number of hydrogen-bond acceptors (Lipinski definition) is 12. The second-order valence-corrected chi connectivity index (χ2v) is 26.6. The number of nitrogens with one attached hydrogen (secondary N) is 1. The number of aldehydes is 2. The van der Waals surface area contributed by atoms with Crippen LogP contribution in [0, 0.1) is 65.6 Å². The van der Waals surface area contributed by atoms with Gasteiger partial charge in [-0.3, -0.25) is 14.5 Å². The lowest BCUT2D eigenvalue weighted by Crippen LogP contribution is -2.53. The van der Waals surface area contributed by atoms with Crippen molar-refractivity contribution in [1.29, 1.82) is 15.9 Å². The molecule has 6 aliphatic rings. The smallest absolute Gasteiger partial charge is 0.150 e. The van der Waals surface area contributed by atoms with Gasteiger partial charge in [-0.15, -0.1) is 0 Å². The summed E-state index contributed by atoms with van der Waals surface area (Å²) in [5.74, 6) is 2.44. The van der Waals surface area contributed by atoms with Crippen molar-refractivity contribution in [2.24, 2.45) is 23.7 Å². The van der Waals surface area contributed by atoms with E-state index in [9.17, 15) is 30.6 Å². The molecule has 86 heavy (non-hydrogen) atoms. The van der Waals surface area contributed by atoms with Gasteiger partial charge in [0.1, 0.15) is 0 Å². The summed E-state index contributed by atoms with van der Waals surface area (Å²) in [5.41, 5.74) is 16.9. The molecule has 0 spiro atoms. The van der Waals surface area contributed by atoms with Crippen molar-refractivity contribution in [3.8, 4) is 12.1 Å². The van der Waals surface area contributed by atoms with Crippen molar-refractivity contribution in [3.05, 3.63) is 171 Å². The highest BCUT2D eigenvalue weighted by atomic mass is 16.3. The van der Waals surface area contributed by atoms with E-state index in [2.05, 4.69) is 154 Å². The number of aryl methyl sites for hydroxylation is 2. The molecule has 2 N–H and O–H groups in total. The molecule has 446 valence electrons. The first-order chi connectivity index (χ1) is 41.5. The van der Waals surface area contributed by atoms with Crippen molar-refractivity contribution < 1.29 is 14.7 Å². The van der Waals surface area contributed by atoms with E-state index in [1.54, 1.807) is 13.0 Å². The van der Waals surface area contributed by atoms with E-state index < -0.39 is 0 Å². The van der Waals surface area contributed by atoms with Gasteiger partial charge < -0.3 is 35.0 Å². The number of anilines is 5. The number of nitrogens with zero attached hydrogens (tertiary/aromatic N) is 8. The van der Waals surface area contributed by atoms with Crippen LogP contribution in [0.15, 0.2) is 127 Å². The van der Waals surface area contributed by atoms with E-state index in [4.69, 9.17) is 0 Å². The second kappa shape index (κ2) is 25.4. The van der Waals surface area contributed by atoms with Crippen LogP contribution in [0.5, 0.6) is 0 Å². The molecule has 4 aliphatic heterocycles. The van der Waals surface area contributed by atoms with Crippen molar-refractivity contribution in [1.82, 2.24) is 14.7 Å². The monoisotopic (exact) mass is 1150 g/mol. The highest BCUT2D eigenvalue weighted by Crippen LogP contribution is 2.49. The number of aliphatic hydroxyl groups excluding tert-OH is 1. The summed E-state index contributed by atoms with van der Waals surface area (Å²) < 4.78 is 0. The molecule has 0 unspecified atom stereocenters. The molecule has 12 heteroatoms. The van der Waals surface area contributed by atoms with Crippen LogP contribution < -0.4 is 14.7 Å². The Hall–Kier alpha value is -7.61. The molecule has 12 nitrogen and oxygen atoms in total. The summed E-state index contributed by atoms with van der Waals surface area (Å²) in [7, 11) is 0. The lowest BCUT2D eigenvalue weighted by atomic mass is 9.91. The van der Waals surface area contributed by atoms with E-state index in [1.807, 2.05) is 26.0 Å². The van der Waals surface area contributed by atoms with Crippen LogP contribution >= 0.6 is 0 Å². The zero-order chi connectivity index (χ0) is 60.4. The predicted molar refractivity (Wildman–Crippen MR) is 350 cm³/mol. The third-order valence-corrected chi connectivity index (χ3v) is 20.0. The number of allylic oxidation sites excluding steroid dienone is 4. The predicted octanol–water partition coefficient (Wildman–Crippen LogP) is 14.2. The van der Waals surface area contributed by atoms with Crippen LogP contribution in [0.25, 0.3) is 11.1 Å². The maximum Gasteiger partial charge on any atom is 0.150 e. The molecule has 5 aromatic rings. The summed E-state index contributed by atoms with van der Waals surface area (Å²) in [6.07, 6.45) is 9.64. The van der Waals surface area contributed by atoms with Gasteiger partial charge in [0, 0.05) is 121 Å². The van der Waals surface area contributed by atoms with Crippen LogP contribution in [0.3, 0.4) is 0 Å². The Morgan fingerprint density at radius 3 is 1.47 bits per heavy atom. The van der Waals surface area contributed by atoms with Gasteiger partial charge in [0.05, 0.1) is 28.7 Å². The maximum atomic E-state index is 11.6. The highest BCUT2D eigenvalue weighted by molar-refractivity contribution is 6.22. The second-order valence-electron chi connectivity index (χ2n) is 26.6. The molecule has 0 bridgehead atoms. The van der Waals surface area contributed by atoms with Gasteiger partial charge in [0.15, 0.2) is 12.6 Å². The molecule has 0 amide bonds. The Morgan fingerprint density at radius 1 is 0.605 bits per heavy atom. The SMILES string of the molecule is C=C(C)/C(=C(/C)O)c1ccc(C)c(N(CC2CCN(CC3CN(C/C(C)=C(\C(C)=N)c4ccc(C)c(N(CC5CCN(CC6CN(c7ccc(C=O)c(C=O)c7)C6)CC5)c5ccc(C6(C#N)CC6)cc5)c4)C3)CC2)c2ccc(C3(C#N)CC3)cc2)c1. The molecule has 2 aliphatic carbocycles. The van der Waals surface area contributed by atoms with Gasteiger partial charge in [-0.2, -0.15) is 10.5 Å². The fourth-order valence-corrected chi connectivity index (χ4v) is 14.6. The minimum absolute atomic E-state index is 0.269. The Kier molecular flexibility index (Phi) is 17.7. The molecular formula is C74H87N9O3. The van der Waals surface area contributed by atoms with E-state index >= 15 is 0 Å². The average Bonchev–Trinajstić information content (AvgIpc) is 1.93. The molecule has 0 aromatic heterocycles. The topological polar surface area (TPSA) is 145 Å². The summed E-state index contributed by atoms with van der Waals surface area (Å²) in [6, 6.07) is 41.5. The Labute approximate surface area is 511 Å². The van der Waals surface area contributed by atoms with Crippen LogP contribution in [0.2, 0.25) is 0 Å². The van der Waals surface area contributed by atoms with Gasteiger partial charge in [0.25, 0.3) is 0 Å². The maximum absolute atomic E-state index is 11.6. The zero-order valence-electron chi connectivity index (χ0n) is 51.7. The Bertz CT molecular complexity index is 3510. The molecule has 0 atom stereocenters. The lowest BCUT2D eigenvalue weighted by molar-refractivity contribution is 0.0628. The average molecular weight is 1150 g/mol. The van der Waals surface area contributed by atoms with Crippen LogP contribution in [-0.2, 0) is 10.8 Å². The first-order valence-electron chi connectivity index (χ1n) is 31.6. The third-order valence-electron chi connectivity index (χ3n) is 20.0. The number of aliphatic hydroxyl groups is 1. The number of benzene rings is 5. The number of carbonyl (C=O) groups is 2. The molecule has 2 saturated carbocycles. The Morgan fingerprint density at radius 2 is 1.06 bits per heavy atom. The highest BCUT2D eigenvalue weighted by Gasteiger charge is 2.46. The van der Waals surface area contributed by atoms with Crippen molar-refractivity contribution in [3.63, 3.8) is 0 Å². The van der Waals surface area contributed by atoms with Crippen LogP contribution in [0.1, 0.15) is 133 Å². The van der Waals surface area contributed by atoms with Gasteiger partial charge in [-0.25, -0.2) is 0 Å². The van der Waals surface area contributed by atoms with E-state index in [0.29, 0.717) is 40.5 Å². The number of piperidine rings is 2. The number of nitriles is 2. The van der Waals surface area contributed by atoms with Crippen LogP contribution in [0.4, 0.5) is 28.4 Å². The number of hydrogen-bond donors (Lipinski definition) is 2. The quantitative estimate of drug-likeness (QED) is 0.0279. The molecule has 0 radical (unpaired) electrons. The fraction of sp³-hybridized carbons (Fsp3) is 0.446. The molecule has 4 heterocycles. The normalized spacial score (nSPS) is 19.7. The minimum atomic E-state index is -0.349. The zero-order valence-corrected chi connectivity index (χ0v) is 51.7. The number of likely N-dealkylation sites (tertiary alicyclic amines) is 3. The summed E-state index contributed by atoms with van der Waals surface area (Å²) in [4.78, 5) is 38.2. The molecule has 5 aromatic carbocycles. The van der Waals surface area contributed by atoms with Gasteiger partial charge >= 0.3 is 0 Å². The largest absolute Gasteiger partial charge is 0.512 e. The Balaban J connectivity index is 0.719. The van der Waals surface area contributed by atoms with Crippen molar-refractivity contribution in [2.75, 3.05) is 99.8 Å². The number of rotatable bonds is 23. The standard InChI is InChI=1S/C74H87N9O3/c1-50(2)71(55(7)86)60-10-8-51(3)69(35-60)82(66-18-13-64(14-19-66)73(48-75)26-27-73)44-56-22-30-78(31-23-56)38-58-40-80(41-58)37-53(5)72(54(6)77)61-11-9-52(4)70(36-61)83(67-20-15-65(16-21-67)74(49-76)28-29-74)45-57-24-32-79(33-25-57)39-59-42-81(43-59)68-17-12-62(46-84)63(34-68)47-85/h8-21,34-36,46-47,56-59,77,86H,1,22-33,37-45H2,2-7H3/b71-55+,72-53+,77-54?. The summed E-state index contributed by atoms with van der Waals surface area (Å²) in [5, 5.41) is 40.0. The van der Waals surface area contributed by atoms with E-state index in [0.717, 1.165) is 211 Å².